The van der Waals surface area contributed by atoms with E-state index in [1.807, 2.05) is 48.5 Å². The molecule has 0 fully saturated rings. The van der Waals surface area contributed by atoms with Gasteiger partial charge in [0.25, 0.3) is 0 Å². The molecule has 0 atom stereocenters. The zero-order chi connectivity index (χ0) is 22.4. The van der Waals surface area contributed by atoms with E-state index < -0.39 is 0 Å². The smallest absolute Gasteiger partial charge is 0.244 e. The van der Waals surface area contributed by atoms with Crippen LogP contribution in [0.4, 0.5) is 0 Å². The molecule has 3 aromatic rings. The maximum absolute atomic E-state index is 12.3. The molecule has 4 nitrogen and oxygen atoms in total. The van der Waals surface area contributed by atoms with Gasteiger partial charge in [0.1, 0.15) is 5.82 Å². The summed E-state index contributed by atoms with van der Waals surface area (Å²) in [6.07, 6.45) is 15.2. The van der Waals surface area contributed by atoms with Crippen molar-refractivity contribution in [3.8, 4) is 0 Å². The summed E-state index contributed by atoms with van der Waals surface area (Å²) in [6, 6.07) is 18.1. The predicted octanol–water partition coefficient (Wildman–Crippen LogP) is 6.90. The van der Waals surface area contributed by atoms with Crippen LogP contribution >= 0.6 is 0 Å². The van der Waals surface area contributed by atoms with E-state index >= 15 is 0 Å². The van der Waals surface area contributed by atoms with Crippen molar-refractivity contribution in [2.24, 2.45) is 0 Å². The summed E-state index contributed by atoms with van der Waals surface area (Å²) >= 11 is 0. The summed E-state index contributed by atoms with van der Waals surface area (Å²) in [6.45, 7) is 3.65. The zero-order valence-corrected chi connectivity index (χ0v) is 19.4. The van der Waals surface area contributed by atoms with E-state index in [9.17, 15) is 4.79 Å². The van der Waals surface area contributed by atoms with Gasteiger partial charge in [-0.2, -0.15) is 0 Å². The molecule has 1 heterocycles. The number of carbonyl (C=O) groups excluding carboxylic acids is 1. The van der Waals surface area contributed by atoms with Gasteiger partial charge in [0, 0.05) is 12.6 Å². The molecule has 0 bridgehead atoms. The second kappa shape index (κ2) is 13.5. The first-order chi connectivity index (χ1) is 15.8. The molecule has 3 rings (SSSR count). The van der Waals surface area contributed by atoms with E-state index in [0.717, 1.165) is 35.4 Å². The number of unbranched alkanes of at least 4 members (excludes halogenated alkanes) is 8. The minimum Gasteiger partial charge on any atom is -0.345 e. The molecule has 2 aromatic carbocycles. The summed E-state index contributed by atoms with van der Waals surface area (Å²) in [5.74, 6) is 0.822. The highest BCUT2D eigenvalue weighted by Gasteiger charge is 2.10. The number of aromatic nitrogens is 2. The zero-order valence-electron chi connectivity index (χ0n) is 19.4. The largest absolute Gasteiger partial charge is 0.345 e. The van der Waals surface area contributed by atoms with Gasteiger partial charge in [-0.1, -0.05) is 101 Å². The number of carbonyl (C=O) groups is 1. The van der Waals surface area contributed by atoms with Gasteiger partial charge in [-0.25, -0.2) is 4.98 Å². The molecular weight excluding hydrogens is 394 g/mol. The molecule has 1 amide bonds. The van der Waals surface area contributed by atoms with Gasteiger partial charge in [0.2, 0.25) is 5.91 Å². The van der Waals surface area contributed by atoms with Crippen LogP contribution in [0.5, 0.6) is 0 Å². The fraction of sp³-hybridized carbons (Fsp3) is 0.429. The number of hydrogen-bond acceptors (Lipinski definition) is 2. The molecule has 0 saturated heterocycles. The van der Waals surface area contributed by atoms with Gasteiger partial charge in [-0.15, -0.1) is 0 Å². The van der Waals surface area contributed by atoms with E-state index in [0.29, 0.717) is 6.54 Å². The van der Waals surface area contributed by atoms with Crippen LogP contribution in [0.1, 0.15) is 76.1 Å². The number of nitrogens with one attached hydrogen (secondary N) is 1. The van der Waals surface area contributed by atoms with Crippen LogP contribution in [0, 0.1) is 0 Å². The Morgan fingerprint density at radius 3 is 2.28 bits per heavy atom. The van der Waals surface area contributed by atoms with Crippen molar-refractivity contribution in [1.82, 2.24) is 14.9 Å². The third kappa shape index (κ3) is 7.67. The third-order valence-electron chi connectivity index (χ3n) is 5.87. The number of benzene rings is 2. The van der Waals surface area contributed by atoms with Crippen LogP contribution < -0.4 is 5.32 Å². The molecule has 32 heavy (non-hydrogen) atoms. The van der Waals surface area contributed by atoms with Crippen LogP contribution in [0.3, 0.4) is 0 Å². The second-order valence-corrected chi connectivity index (χ2v) is 8.46. The fourth-order valence-corrected chi connectivity index (χ4v) is 4.05. The highest BCUT2D eigenvalue weighted by molar-refractivity contribution is 5.91. The van der Waals surface area contributed by atoms with Crippen molar-refractivity contribution in [3.05, 3.63) is 72.1 Å². The van der Waals surface area contributed by atoms with Crippen LogP contribution in [0.15, 0.2) is 60.7 Å². The lowest BCUT2D eigenvalue weighted by Crippen LogP contribution is -2.22. The molecule has 1 aromatic heterocycles. The maximum Gasteiger partial charge on any atom is 0.244 e. The molecule has 4 heteroatoms. The topological polar surface area (TPSA) is 46.9 Å². The fourth-order valence-electron chi connectivity index (χ4n) is 4.05. The monoisotopic (exact) mass is 431 g/mol. The van der Waals surface area contributed by atoms with Gasteiger partial charge in [0.05, 0.1) is 17.6 Å². The van der Waals surface area contributed by atoms with Crippen LogP contribution in [0.2, 0.25) is 0 Å². The minimum absolute atomic E-state index is 0.101. The number of imidazole rings is 1. The van der Waals surface area contributed by atoms with Gasteiger partial charge >= 0.3 is 0 Å². The standard InChI is InChI=1S/C28H37N3O/c1-2-3-4-5-6-7-8-9-15-22-31-26-19-14-13-18-25(26)30-27(31)23-29-28(32)21-20-24-16-11-10-12-17-24/h10-14,16-21H,2-9,15,22-23H2,1H3,(H,29,32)/b21-20-. The molecule has 0 radical (unpaired) electrons. The molecule has 0 saturated carbocycles. The van der Waals surface area contributed by atoms with Crippen molar-refractivity contribution in [1.29, 1.82) is 0 Å². The molecule has 0 aliphatic carbocycles. The highest BCUT2D eigenvalue weighted by Crippen LogP contribution is 2.18. The average Bonchev–Trinajstić information content (AvgIpc) is 3.18. The number of para-hydroxylation sites is 2. The Morgan fingerprint density at radius 2 is 1.53 bits per heavy atom. The van der Waals surface area contributed by atoms with E-state index in [-0.39, 0.29) is 5.91 Å². The number of rotatable bonds is 14. The van der Waals surface area contributed by atoms with Crippen molar-refractivity contribution in [3.63, 3.8) is 0 Å². The van der Waals surface area contributed by atoms with Crippen LogP contribution in [-0.4, -0.2) is 15.5 Å². The molecule has 0 unspecified atom stereocenters. The Kier molecular flexibility index (Phi) is 10.0. The molecule has 1 N–H and O–H groups in total. The summed E-state index contributed by atoms with van der Waals surface area (Å²) in [5.41, 5.74) is 3.16. The lowest BCUT2D eigenvalue weighted by molar-refractivity contribution is -0.116. The van der Waals surface area contributed by atoms with Gasteiger partial charge in [-0.3, -0.25) is 4.79 Å². The first-order valence-electron chi connectivity index (χ1n) is 12.2. The van der Waals surface area contributed by atoms with E-state index in [1.54, 1.807) is 6.08 Å². The number of aryl methyl sites for hydroxylation is 1. The summed E-state index contributed by atoms with van der Waals surface area (Å²) in [7, 11) is 0. The average molecular weight is 432 g/mol. The van der Waals surface area contributed by atoms with Crippen molar-refractivity contribution < 1.29 is 4.79 Å². The van der Waals surface area contributed by atoms with E-state index in [2.05, 4.69) is 28.9 Å². The van der Waals surface area contributed by atoms with Gasteiger partial charge < -0.3 is 9.88 Å². The Labute approximate surface area is 192 Å². The first-order valence-corrected chi connectivity index (χ1v) is 12.2. The number of amides is 1. The van der Waals surface area contributed by atoms with Crippen molar-refractivity contribution in [2.75, 3.05) is 0 Å². The normalized spacial score (nSPS) is 11.4. The number of nitrogens with zero attached hydrogens (tertiary/aromatic N) is 2. The molecule has 0 aliphatic heterocycles. The Bertz CT molecular complexity index is 975. The highest BCUT2D eigenvalue weighted by atomic mass is 16.1. The van der Waals surface area contributed by atoms with Crippen LogP contribution in [0.25, 0.3) is 17.1 Å². The maximum atomic E-state index is 12.3. The number of fused-ring (bicyclic) bond motifs is 1. The Morgan fingerprint density at radius 1 is 0.875 bits per heavy atom. The van der Waals surface area contributed by atoms with E-state index in [1.165, 1.54) is 51.4 Å². The SMILES string of the molecule is CCCCCCCCCCCn1c(CNC(=O)/C=C\c2ccccc2)nc2ccccc21. The summed E-state index contributed by atoms with van der Waals surface area (Å²) in [4.78, 5) is 17.1. The van der Waals surface area contributed by atoms with Crippen LogP contribution in [-0.2, 0) is 17.9 Å². The summed E-state index contributed by atoms with van der Waals surface area (Å²) in [5, 5.41) is 3.00. The predicted molar refractivity (Wildman–Crippen MR) is 134 cm³/mol. The van der Waals surface area contributed by atoms with Crippen molar-refractivity contribution >= 4 is 23.0 Å². The van der Waals surface area contributed by atoms with Gasteiger partial charge in [0.15, 0.2) is 0 Å². The second-order valence-electron chi connectivity index (χ2n) is 8.46. The third-order valence-corrected chi connectivity index (χ3v) is 5.87. The molecule has 0 spiro atoms. The Balaban J connectivity index is 1.50. The molecular formula is C28H37N3O. The molecule has 0 aliphatic rings. The van der Waals surface area contributed by atoms with E-state index in [4.69, 9.17) is 4.98 Å². The minimum atomic E-state index is -0.101. The number of hydrogen-bond donors (Lipinski definition) is 1. The van der Waals surface area contributed by atoms with Crippen molar-refractivity contribution in [2.45, 2.75) is 77.8 Å². The Hall–Kier alpha value is -2.88. The van der Waals surface area contributed by atoms with Gasteiger partial charge in [-0.05, 0) is 30.2 Å². The quantitative estimate of drug-likeness (QED) is 0.223. The lowest BCUT2D eigenvalue weighted by atomic mass is 10.1. The summed E-state index contributed by atoms with van der Waals surface area (Å²) < 4.78 is 2.28. The lowest BCUT2D eigenvalue weighted by Gasteiger charge is -2.10. The first kappa shape index (κ1) is 23.8. The molecule has 170 valence electrons.